The van der Waals surface area contributed by atoms with Gasteiger partial charge in [-0.2, -0.15) is 5.10 Å². The number of nitrogens with zero attached hydrogens (tertiary/aromatic N) is 4. The highest BCUT2D eigenvalue weighted by molar-refractivity contribution is 5.75. The molecule has 0 saturated carbocycles. The molecule has 0 aliphatic rings. The largest absolute Gasteiger partial charge is 0.299 e. The van der Waals surface area contributed by atoms with Gasteiger partial charge < -0.3 is 0 Å². The van der Waals surface area contributed by atoms with Crippen LogP contribution in [0.3, 0.4) is 0 Å². The lowest BCUT2D eigenvalue weighted by molar-refractivity contribution is 0.617. The molecule has 0 amide bonds. The zero-order valence-electron chi connectivity index (χ0n) is 15.6. The summed E-state index contributed by atoms with van der Waals surface area (Å²) in [7, 11) is 0. The molecule has 0 aliphatic heterocycles. The van der Waals surface area contributed by atoms with Crippen molar-refractivity contribution in [2.45, 2.75) is 33.2 Å². The lowest BCUT2D eigenvalue weighted by Gasteiger charge is -2.08. The third-order valence-corrected chi connectivity index (χ3v) is 4.71. The molecule has 0 radical (unpaired) electrons. The van der Waals surface area contributed by atoms with Crippen molar-refractivity contribution in [1.29, 1.82) is 0 Å². The highest BCUT2D eigenvalue weighted by atomic mass is 16.1. The summed E-state index contributed by atoms with van der Waals surface area (Å²) in [6.07, 6.45) is 5.09. The maximum Gasteiger partial charge on any atom is 0.264 e. The Morgan fingerprint density at radius 3 is 2.48 bits per heavy atom. The van der Waals surface area contributed by atoms with Crippen LogP contribution in [0.15, 0.2) is 65.8 Å². The molecule has 0 saturated heterocycles. The van der Waals surface area contributed by atoms with E-state index in [1.165, 1.54) is 5.56 Å². The number of fused-ring (bicyclic) bond motifs is 1. The highest BCUT2D eigenvalue weighted by Gasteiger charge is 2.12. The molecule has 0 aliphatic carbocycles. The molecule has 4 rings (SSSR count). The summed E-state index contributed by atoms with van der Waals surface area (Å²) in [5.74, 6) is 0. The van der Waals surface area contributed by atoms with Crippen molar-refractivity contribution in [2.75, 3.05) is 0 Å². The van der Waals surface area contributed by atoms with Crippen molar-refractivity contribution < 1.29 is 0 Å². The van der Waals surface area contributed by atoms with Crippen LogP contribution in [0.2, 0.25) is 0 Å². The average molecular weight is 358 g/mol. The van der Waals surface area contributed by atoms with Gasteiger partial charge in [0.1, 0.15) is 5.39 Å². The summed E-state index contributed by atoms with van der Waals surface area (Å²) in [4.78, 5) is 17.3. The summed E-state index contributed by atoms with van der Waals surface area (Å²) < 4.78 is 3.42. The van der Waals surface area contributed by atoms with E-state index in [0.29, 0.717) is 17.6 Å². The third kappa shape index (κ3) is 3.53. The standard InChI is InChI=1S/C22H22N4O/c1-16-11-17(2)13-19(12-16)26-21-20(14-24-26)22(27)25(15-23-21)10-6-9-18-7-4-3-5-8-18/h3-5,7-8,11-15H,6,9-10H2,1-2H3. The average Bonchev–Trinajstić information content (AvgIpc) is 3.09. The van der Waals surface area contributed by atoms with E-state index >= 15 is 0 Å². The van der Waals surface area contributed by atoms with Crippen molar-refractivity contribution in [3.8, 4) is 5.69 Å². The molecule has 0 bridgehead atoms. The van der Waals surface area contributed by atoms with Crippen molar-refractivity contribution in [3.63, 3.8) is 0 Å². The molecule has 27 heavy (non-hydrogen) atoms. The molecule has 136 valence electrons. The minimum absolute atomic E-state index is 0.0383. The highest BCUT2D eigenvalue weighted by Crippen LogP contribution is 2.17. The number of aryl methyl sites for hydroxylation is 4. The summed E-state index contributed by atoms with van der Waals surface area (Å²) in [6, 6.07) is 16.5. The molecule has 0 fully saturated rings. The maximum atomic E-state index is 12.8. The molecular formula is C22H22N4O. The van der Waals surface area contributed by atoms with Crippen LogP contribution in [0.5, 0.6) is 0 Å². The Kier molecular flexibility index (Phi) is 4.59. The molecule has 0 spiro atoms. The van der Waals surface area contributed by atoms with Gasteiger partial charge in [0.25, 0.3) is 5.56 Å². The maximum absolute atomic E-state index is 12.8. The second-order valence-electron chi connectivity index (χ2n) is 6.97. The van der Waals surface area contributed by atoms with Gasteiger partial charge in [-0.25, -0.2) is 9.67 Å². The molecule has 2 heterocycles. The topological polar surface area (TPSA) is 52.7 Å². The van der Waals surface area contributed by atoms with Crippen LogP contribution in [0.4, 0.5) is 0 Å². The van der Waals surface area contributed by atoms with E-state index in [1.807, 2.05) is 30.3 Å². The number of aromatic nitrogens is 4. The first-order valence-corrected chi connectivity index (χ1v) is 9.17. The zero-order chi connectivity index (χ0) is 18.8. The van der Waals surface area contributed by atoms with E-state index in [2.05, 4.69) is 42.1 Å². The monoisotopic (exact) mass is 358 g/mol. The Morgan fingerprint density at radius 2 is 1.74 bits per heavy atom. The van der Waals surface area contributed by atoms with Crippen molar-refractivity contribution in [3.05, 3.63) is 88.1 Å². The van der Waals surface area contributed by atoms with E-state index in [9.17, 15) is 4.79 Å². The summed E-state index contributed by atoms with van der Waals surface area (Å²) in [5, 5.41) is 4.97. The smallest absolute Gasteiger partial charge is 0.264 e. The predicted octanol–water partition coefficient (Wildman–Crippen LogP) is 3.83. The van der Waals surface area contributed by atoms with Crippen LogP contribution >= 0.6 is 0 Å². The minimum atomic E-state index is -0.0383. The van der Waals surface area contributed by atoms with Gasteiger partial charge in [0.15, 0.2) is 5.65 Å². The van der Waals surface area contributed by atoms with E-state index in [-0.39, 0.29) is 5.56 Å². The van der Waals surface area contributed by atoms with Crippen molar-refractivity contribution >= 4 is 11.0 Å². The molecule has 5 heteroatoms. The van der Waals surface area contributed by atoms with E-state index < -0.39 is 0 Å². The van der Waals surface area contributed by atoms with Crippen LogP contribution in [-0.4, -0.2) is 19.3 Å². The fourth-order valence-corrected chi connectivity index (χ4v) is 3.47. The predicted molar refractivity (Wildman–Crippen MR) is 107 cm³/mol. The number of rotatable bonds is 5. The van der Waals surface area contributed by atoms with Gasteiger partial charge in [-0.1, -0.05) is 36.4 Å². The Morgan fingerprint density at radius 1 is 1.00 bits per heavy atom. The van der Waals surface area contributed by atoms with Gasteiger partial charge in [0, 0.05) is 6.54 Å². The molecule has 0 atom stereocenters. The van der Waals surface area contributed by atoms with Gasteiger partial charge >= 0.3 is 0 Å². The second kappa shape index (κ2) is 7.19. The van der Waals surface area contributed by atoms with Gasteiger partial charge in [0.05, 0.1) is 18.2 Å². The summed E-state index contributed by atoms with van der Waals surface area (Å²) in [5.41, 5.74) is 5.08. The first kappa shape index (κ1) is 17.2. The van der Waals surface area contributed by atoms with Crippen molar-refractivity contribution in [2.24, 2.45) is 0 Å². The van der Waals surface area contributed by atoms with Crippen molar-refractivity contribution in [1.82, 2.24) is 19.3 Å². The van der Waals surface area contributed by atoms with Gasteiger partial charge in [-0.05, 0) is 55.5 Å². The van der Waals surface area contributed by atoms with Crippen LogP contribution in [0, 0.1) is 13.8 Å². The van der Waals surface area contributed by atoms with E-state index in [0.717, 1.165) is 29.7 Å². The van der Waals surface area contributed by atoms with Gasteiger partial charge in [-0.15, -0.1) is 0 Å². The lowest BCUT2D eigenvalue weighted by atomic mass is 10.1. The third-order valence-electron chi connectivity index (χ3n) is 4.71. The number of hydrogen-bond donors (Lipinski definition) is 0. The Balaban J connectivity index is 1.61. The van der Waals surface area contributed by atoms with Gasteiger partial charge in [-0.3, -0.25) is 9.36 Å². The van der Waals surface area contributed by atoms with Crippen LogP contribution in [0.1, 0.15) is 23.1 Å². The zero-order valence-corrected chi connectivity index (χ0v) is 15.6. The fraction of sp³-hybridized carbons (Fsp3) is 0.227. The normalized spacial score (nSPS) is 11.2. The first-order valence-electron chi connectivity index (χ1n) is 9.17. The van der Waals surface area contributed by atoms with E-state index in [1.54, 1.807) is 21.8 Å². The van der Waals surface area contributed by atoms with E-state index in [4.69, 9.17) is 0 Å². The van der Waals surface area contributed by atoms with Crippen LogP contribution in [-0.2, 0) is 13.0 Å². The molecule has 0 N–H and O–H groups in total. The molecule has 5 nitrogen and oxygen atoms in total. The Bertz CT molecular complexity index is 1120. The lowest BCUT2D eigenvalue weighted by Crippen LogP contribution is -2.20. The molecule has 2 aromatic carbocycles. The fourth-order valence-electron chi connectivity index (χ4n) is 3.47. The molecule has 2 aromatic heterocycles. The number of hydrogen-bond acceptors (Lipinski definition) is 3. The molecule has 0 unspecified atom stereocenters. The summed E-state index contributed by atoms with van der Waals surface area (Å²) in [6.45, 7) is 4.75. The minimum Gasteiger partial charge on any atom is -0.299 e. The number of benzene rings is 2. The molecule has 4 aromatic rings. The Hall–Kier alpha value is -3.21. The van der Waals surface area contributed by atoms with Crippen LogP contribution in [0.25, 0.3) is 16.7 Å². The quantitative estimate of drug-likeness (QED) is 0.545. The summed E-state index contributed by atoms with van der Waals surface area (Å²) >= 11 is 0. The molecular weight excluding hydrogens is 336 g/mol. The first-order chi connectivity index (χ1) is 13.1. The second-order valence-corrected chi connectivity index (χ2v) is 6.97. The van der Waals surface area contributed by atoms with Gasteiger partial charge in [0.2, 0.25) is 0 Å². The van der Waals surface area contributed by atoms with Crippen LogP contribution < -0.4 is 5.56 Å². The SMILES string of the molecule is Cc1cc(C)cc(-n2ncc3c(=O)n(CCCc4ccccc4)cnc32)c1. The Labute approximate surface area is 157 Å².